The van der Waals surface area contributed by atoms with Crippen LogP contribution in [-0.4, -0.2) is 21.0 Å². The van der Waals surface area contributed by atoms with Crippen molar-refractivity contribution in [2.24, 2.45) is 0 Å². The van der Waals surface area contributed by atoms with E-state index in [1.807, 2.05) is 12.3 Å². The Morgan fingerprint density at radius 1 is 1.44 bits per heavy atom. The van der Waals surface area contributed by atoms with Crippen molar-refractivity contribution in [2.75, 3.05) is 5.32 Å². The van der Waals surface area contributed by atoms with Crippen molar-refractivity contribution in [3.63, 3.8) is 0 Å². The molecular formula is C12H16N4. The molecule has 16 heavy (non-hydrogen) atoms. The summed E-state index contributed by atoms with van der Waals surface area (Å²) < 4.78 is 0. The largest absolute Gasteiger partial charge is 0.367 e. The summed E-state index contributed by atoms with van der Waals surface area (Å²) >= 11 is 0. The number of hydrogen-bond donors (Lipinski definition) is 2. The van der Waals surface area contributed by atoms with Gasteiger partial charge in [0.1, 0.15) is 17.3 Å². The first-order valence-corrected chi connectivity index (χ1v) is 5.97. The van der Waals surface area contributed by atoms with E-state index < -0.39 is 0 Å². The van der Waals surface area contributed by atoms with Crippen LogP contribution in [0.5, 0.6) is 0 Å². The Morgan fingerprint density at radius 2 is 2.31 bits per heavy atom. The number of anilines is 1. The molecule has 0 bridgehead atoms. The molecule has 0 aromatic carbocycles. The van der Waals surface area contributed by atoms with Crippen LogP contribution in [0.2, 0.25) is 0 Å². The second-order valence-corrected chi connectivity index (χ2v) is 4.40. The van der Waals surface area contributed by atoms with Gasteiger partial charge < -0.3 is 10.3 Å². The maximum atomic E-state index is 4.60. The van der Waals surface area contributed by atoms with Gasteiger partial charge in [-0.1, -0.05) is 6.92 Å². The van der Waals surface area contributed by atoms with Crippen LogP contribution in [0.25, 0.3) is 11.0 Å². The van der Waals surface area contributed by atoms with Gasteiger partial charge in [0, 0.05) is 18.7 Å². The highest BCUT2D eigenvalue weighted by Gasteiger charge is 2.22. The van der Waals surface area contributed by atoms with Crippen LogP contribution in [0.3, 0.4) is 0 Å². The summed E-state index contributed by atoms with van der Waals surface area (Å²) in [5.74, 6) is 1.93. The Kier molecular flexibility index (Phi) is 2.27. The fourth-order valence-electron chi connectivity index (χ4n) is 1.85. The fraction of sp³-hybridized carbons (Fsp3) is 0.500. The zero-order valence-electron chi connectivity index (χ0n) is 9.45. The highest BCUT2D eigenvalue weighted by molar-refractivity contribution is 5.87. The van der Waals surface area contributed by atoms with E-state index in [0.29, 0.717) is 6.04 Å². The standard InChI is InChI=1S/C12H16N4/c1-2-3-10-15-11-9(6-7-13-11)12(16-10)14-8-4-5-8/h6-8H,2-5H2,1H3,(H2,13,14,15,16). The molecule has 2 aromatic rings. The van der Waals surface area contributed by atoms with Crippen molar-refractivity contribution in [3.8, 4) is 0 Å². The number of fused-ring (bicyclic) bond motifs is 1. The van der Waals surface area contributed by atoms with Gasteiger partial charge in [0.25, 0.3) is 0 Å². The van der Waals surface area contributed by atoms with Crippen LogP contribution >= 0.6 is 0 Å². The highest BCUT2D eigenvalue weighted by atomic mass is 15.1. The van der Waals surface area contributed by atoms with Crippen LogP contribution < -0.4 is 5.32 Å². The van der Waals surface area contributed by atoms with Crippen molar-refractivity contribution in [1.29, 1.82) is 0 Å². The molecule has 0 unspecified atom stereocenters. The Bertz CT molecular complexity index is 499. The van der Waals surface area contributed by atoms with Crippen LogP contribution in [0.15, 0.2) is 12.3 Å². The van der Waals surface area contributed by atoms with E-state index >= 15 is 0 Å². The number of nitrogens with zero attached hydrogens (tertiary/aromatic N) is 2. The van der Waals surface area contributed by atoms with E-state index in [1.165, 1.54) is 12.8 Å². The molecule has 2 N–H and O–H groups in total. The lowest BCUT2D eigenvalue weighted by atomic mass is 10.3. The van der Waals surface area contributed by atoms with Crippen molar-refractivity contribution in [1.82, 2.24) is 15.0 Å². The third-order valence-corrected chi connectivity index (χ3v) is 2.85. The molecule has 0 aliphatic heterocycles. The molecule has 0 radical (unpaired) electrons. The summed E-state index contributed by atoms with van der Waals surface area (Å²) in [6, 6.07) is 2.66. The van der Waals surface area contributed by atoms with Gasteiger partial charge in [-0.05, 0) is 25.3 Å². The molecule has 1 fully saturated rings. The van der Waals surface area contributed by atoms with Gasteiger partial charge in [0.15, 0.2) is 0 Å². The van der Waals surface area contributed by atoms with Crippen molar-refractivity contribution < 1.29 is 0 Å². The number of aromatic nitrogens is 3. The molecule has 1 saturated carbocycles. The first kappa shape index (κ1) is 9.63. The van der Waals surface area contributed by atoms with E-state index in [2.05, 4.69) is 27.2 Å². The van der Waals surface area contributed by atoms with Gasteiger partial charge in [-0.15, -0.1) is 0 Å². The monoisotopic (exact) mass is 216 g/mol. The molecule has 1 aliphatic carbocycles. The van der Waals surface area contributed by atoms with E-state index in [9.17, 15) is 0 Å². The van der Waals surface area contributed by atoms with Gasteiger partial charge in [0.2, 0.25) is 0 Å². The van der Waals surface area contributed by atoms with Crippen LogP contribution in [-0.2, 0) is 6.42 Å². The average Bonchev–Trinajstić information content (AvgIpc) is 2.95. The van der Waals surface area contributed by atoms with Crippen LogP contribution in [0.1, 0.15) is 32.0 Å². The van der Waals surface area contributed by atoms with Crippen molar-refractivity contribution in [3.05, 3.63) is 18.1 Å². The van der Waals surface area contributed by atoms with Gasteiger partial charge in [-0.25, -0.2) is 9.97 Å². The van der Waals surface area contributed by atoms with Gasteiger partial charge >= 0.3 is 0 Å². The topological polar surface area (TPSA) is 53.6 Å². The summed E-state index contributed by atoms with van der Waals surface area (Å²) in [5.41, 5.74) is 0.946. The first-order valence-electron chi connectivity index (χ1n) is 5.97. The Balaban J connectivity index is 2.02. The molecule has 1 aliphatic rings. The normalized spacial score (nSPS) is 15.6. The summed E-state index contributed by atoms with van der Waals surface area (Å²) in [7, 11) is 0. The summed E-state index contributed by atoms with van der Waals surface area (Å²) in [6.07, 6.45) is 6.47. The SMILES string of the molecule is CCCc1nc(NC2CC2)c2cc[nH]c2n1. The van der Waals surface area contributed by atoms with Crippen LogP contribution in [0.4, 0.5) is 5.82 Å². The Labute approximate surface area is 94.5 Å². The predicted molar refractivity (Wildman–Crippen MR) is 64.5 cm³/mol. The molecule has 2 heterocycles. The lowest BCUT2D eigenvalue weighted by Gasteiger charge is -2.07. The maximum absolute atomic E-state index is 4.60. The average molecular weight is 216 g/mol. The lowest BCUT2D eigenvalue weighted by molar-refractivity contribution is 0.842. The molecule has 4 nitrogen and oxygen atoms in total. The van der Waals surface area contributed by atoms with E-state index in [0.717, 1.165) is 35.5 Å². The molecule has 0 amide bonds. The van der Waals surface area contributed by atoms with Gasteiger partial charge in [0.05, 0.1) is 5.39 Å². The predicted octanol–water partition coefficient (Wildman–Crippen LogP) is 2.48. The zero-order chi connectivity index (χ0) is 11.0. The maximum Gasteiger partial charge on any atom is 0.143 e. The van der Waals surface area contributed by atoms with Crippen LogP contribution in [0, 0.1) is 0 Å². The molecule has 4 heteroatoms. The second kappa shape index (κ2) is 3.77. The quantitative estimate of drug-likeness (QED) is 0.825. The number of aromatic amines is 1. The minimum atomic E-state index is 0.627. The molecule has 2 aromatic heterocycles. The number of H-pyrrole nitrogens is 1. The Hall–Kier alpha value is -1.58. The minimum Gasteiger partial charge on any atom is -0.367 e. The third-order valence-electron chi connectivity index (χ3n) is 2.85. The van der Waals surface area contributed by atoms with Gasteiger partial charge in [-0.2, -0.15) is 0 Å². The first-order chi connectivity index (χ1) is 7.86. The third kappa shape index (κ3) is 1.75. The van der Waals surface area contributed by atoms with E-state index in [1.54, 1.807) is 0 Å². The fourth-order valence-corrected chi connectivity index (χ4v) is 1.85. The number of rotatable bonds is 4. The minimum absolute atomic E-state index is 0.627. The molecule has 0 saturated heterocycles. The van der Waals surface area contributed by atoms with E-state index in [-0.39, 0.29) is 0 Å². The molecule has 0 spiro atoms. The van der Waals surface area contributed by atoms with Crippen molar-refractivity contribution in [2.45, 2.75) is 38.6 Å². The molecule has 84 valence electrons. The van der Waals surface area contributed by atoms with Crippen molar-refractivity contribution >= 4 is 16.9 Å². The second-order valence-electron chi connectivity index (χ2n) is 4.40. The lowest BCUT2D eigenvalue weighted by Crippen LogP contribution is -2.06. The van der Waals surface area contributed by atoms with Gasteiger partial charge in [-0.3, -0.25) is 0 Å². The van der Waals surface area contributed by atoms with E-state index in [4.69, 9.17) is 0 Å². The molecular weight excluding hydrogens is 200 g/mol. The number of hydrogen-bond acceptors (Lipinski definition) is 3. The highest BCUT2D eigenvalue weighted by Crippen LogP contribution is 2.27. The number of aryl methyl sites for hydroxylation is 1. The zero-order valence-corrected chi connectivity index (χ0v) is 9.45. The summed E-state index contributed by atoms with van der Waals surface area (Å²) in [4.78, 5) is 12.3. The summed E-state index contributed by atoms with van der Waals surface area (Å²) in [5, 5.41) is 4.58. The Morgan fingerprint density at radius 3 is 3.06 bits per heavy atom. The molecule has 0 atom stereocenters. The smallest absolute Gasteiger partial charge is 0.143 e. The number of nitrogens with one attached hydrogen (secondary N) is 2. The summed E-state index contributed by atoms with van der Waals surface area (Å²) in [6.45, 7) is 2.15. The molecule has 3 rings (SSSR count).